The van der Waals surface area contributed by atoms with Crippen LogP contribution in [0.15, 0.2) is 85.1 Å². The predicted octanol–water partition coefficient (Wildman–Crippen LogP) is 15.8. The summed E-state index contributed by atoms with van der Waals surface area (Å²) < 4.78 is 23.3. The van der Waals surface area contributed by atoms with Crippen molar-refractivity contribution in [3.05, 3.63) is 85.1 Å². The number of likely N-dealkylation sites (N-methyl/N-ethyl adjacent to an activating group) is 1. The van der Waals surface area contributed by atoms with Crippen molar-refractivity contribution in [1.29, 1.82) is 0 Å². The first-order valence-electron chi connectivity index (χ1n) is 27.4. The lowest BCUT2D eigenvalue weighted by Crippen LogP contribution is -2.45. The maximum absolute atomic E-state index is 12.9. The number of amides is 1. The number of carbonyl (C=O) groups excluding carboxylic acids is 1. The highest BCUT2D eigenvalue weighted by atomic mass is 31.2. The zero-order valence-corrected chi connectivity index (χ0v) is 45.0. The molecular formula is C58H105N2O6P. The molecule has 0 radical (unpaired) electrons. The summed E-state index contributed by atoms with van der Waals surface area (Å²) in [4.78, 5) is 25.4. The number of nitrogens with zero attached hydrogens (tertiary/aromatic N) is 1. The maximum Gasteiger partial charge on any atom is 0.268 e. The molecule has 0 aromatic carbocycles. The molecular weight excluding hydrogens is 852 g/mol. The normalized spacial score (nSPS) is 14.7. The molecule has 388 valence electrons. The van der Waals surface area contributed by atoms with Gasteiger partial charge in [0.1, 0.15) is 13.2 Å². The van der Waals surface area contributed by atoms with Crippen LogP contribution in [0.5, 0.6) is 0 Å². The fourth-order valence-corrected chi connectivity index (χ4v) is 8.29. The molecule has 1 amide bonds. The van der Waals surface area contributed by atoms with Crippen LogP contribution in [-0.4, -0.2) is 68.5 Å². The van der Waals surface area contributed by atoms with Gasteiger partial charge in [0, 0.05) is 6.42 Å². The average molecular weight is 957 g/mol. The van der Waals surface area contributed by atoms with Gasteiger partial charge in [-0.15, -0.1) is 0 Å². The van der Waals surface area contributed by atoms with Gasteiger partial charge in [-0.25, -0.2) is 0 Å². The second-order valence-corrected chi connectivity index (χ2v) is 21.0. The summed E-state index contributed by atoms with van der Waals surface area (Å²) in [5.74, 6) is -0.241. The molecule has 0 heterocycles. The Hall–Kier alpha value is -2.32. The van der Waals surface area contributed by atoms with Gasteiger partial charge in [-0.2, -0.15) is 0 Å². The van der Waals surface area contributed by atoms with E-state index in [0.29, 0.717) is 17.4 Å². The first kappa shape index (κ1) is 64.7. The highest BCUT2D eigenvalue weighted by Gasteiger charge is 2.23. The second-order valence-electron chi connectivity index (χ2n) is 19.6. The van der Waals surface area contributed by atoms with Gasteiger partial charge in [0.25, 0.3) is 7.82 Å². The summed E-state index contributed by atoms with van der Waals surface area (Å²) in [5.41, 5.74) is 0. The first-order chi connectivity index (χ1) is 32.5. The standard InChI is InChI=1S/C58H105N2O6P/c1-6-8-10-12-14-16-18-20-22-24-26-28-29-30-32-33-35-37-39-41-43-45-47-49-51-57(61)56(55-66-67(63,64)65-54-53-60(3,4)5)59-58(62)52-50-48-46-44-42-40-38-36-34-31-27-25-23-21-19-17-15-13-11-9-7-2/h9,11,15,17,21,23,27,31,36,38,42,44,49,51,56-57,61H,6-8,10,12-14,16,18-20,22,24-26,28-30,32-35,37,39-41,43,45-48,50,52-55H2,1-5H3,(H-,59,62,63,64)/b11-9-,17-15-,23-21-,31-27-,38-36-,44-42-,51-49+. The van der Waals surface area contributed by atoms with Crippen molar-refractivity contribution in [2.75, 3.05) is 40.9 Å². The van der Waals surface area contributed by atoms with Gasteiger partial charge >= 0.3 is 0 Å². The van der Waals surface area contributed by atoms with E-state index < -0.39 is 26.6 Å². The van der Waals surface area contributed by atoms with Gasteiger partial charge in [-0.3, -0.25) is 9.36 Å². The molecule has 0 saturated carbocycles. The van der Waals surface area contributed by atoms with Crippen molar-refractivity contribution in [2.24, 2.45) is 0 Å². The third kappa shape index (κ3) is 51.4. The van der Waals surface area contributed by atoms with Crippen molar-refractivity contribution >= 4 is 13.7 Å². The Balaban J connectivity index is 4.35. The number of aliphatic hydroxyl groups is 1. The minimum absolute atomic E-state index is 0.0138. The molecule has 0 fully saturated rings. The lowest BCUT2D eigenvalue weighted by molar-refractivity contribution is -0.870. The lowest BCUT2D eigenvalue weighted by Gasteiger charge is -2.29. The third-order valence-corrected chi connectivity index (χ3v) is 12.8. The molecule has 0 bridgehead atoms. The molecule has 0 aliphatic carbocycles. The topological polar surface area (TPSA) is 108 Å². The van der Waals surface area contributed by atoms with Gasteiger partial charge in [0.15, 0.2) is 0 Å². The molecule has 2 N–H and O–H groups in total. The van der Waals surface area contributed by atoms with Gasteiger partial charge < -0.3 is 28.8 Å². The summed E-state index contributed by atoms with van der Waals surface area (Å²) in [6.07, 6.45) is 68.0. The Labute approximate surface area is 414 Å². The zero-order valence-electron chi connectivity index (χ0n) is 44.1. The summed E-state index contributed by atoms with van der Waals surface area (Å²) in [7, 11) is 1.22. The molecule has 0 aromatic heterocycles. The predicted molar refractivity (Wildman–Crippen MR) is 288 cm³/mol. The molecule has 0 rings (SSSR count). The van der Waals surface area contributed by atoms with Crippen LogP contribution in [0.3, 0.4) is 0 Å². The van der Waals surface area contributed by atoms with Crippen molar-refractivity contribution in [3.63, 3.8) is 0 Å². The van der Waals surface area contributed by atoms with E-state index in [9.17, 15) is 19.4 Å². The molecule has 67 heavy (non-hydrogen) atoms. The molecule has 0 spiro atoms. The highest BCUT2D eigenvalue weighted by Crippen LogP contribution is 2.38. The Morgan fingerprint density at radius 1 is 0.537 bits per heavy atom. The fraction of sp³-hybridized carbons (Fsp3) is 0.741. The molecule has 9 heteroatoms. The summed E-state index contributed by atoms with van der Waals surface area (Å²) >= 11 is 0. The highest BCUT2D eigenvalue weighted by molar-refractivity contribution is 7.45. The summed E-state index contributed by atoms with van der Waals surface area (Å²) in [6.45, 7) is 4.51. The number of allylic oxidation sites excluding steroid dienone is 13. The van der Waals surface area contributed by atoms with Crippen LogP contribution in [0, 0.1) is 0 Å². The first-order valence-corrected chi connectivity index (χ1v) is 28.9. The van der Waals surface area contributed by atoms with Crippen LogP contribution < -0.4 is 10.2 Å². The number of carbonyl (C=O) groups is 1. The van der Waals surface area contributed by atoms with Gasteiger partial charge in [0.2, 0.25) is 5.91 Å². The van der Waals surface area contributed by atoms with Gasteiger partial charge in [0.05, 0.1) is 39.9 Å². The number of rotatable bonds is 49. The van der Waals surface area contributed by atoms with Gasteiger partial charge in [-0.1, -0.05) is 234 Å². The van der Waals surface area contributed by atoms with Crippen LogP contribution in [0.25, 0.3) is 0 Å². The molecule has 0 aliphatic heterocycles. The Morgan fingerprint density at radius 3 is 1.33 bits per heavy atom. The summed E-state index contributed by atoms with van der Waals surface area (Å²) in [6, 6.07) is -0.916. The Kier molecular flexibility index (Phi) is 47.0. The minimum Gasteiger partial charge on any atom is -0.756 e. The van der Waals surface area contributed by atoms with Crippen molar-refractivity contribution < 1.29 is 32.9 Å². The maximum atomic E-state index is 12.9. The van der Waals surface area contributed by atoms with E-state index in [-0.39, 0.29) is 18.9 Å². The Bertz CT molecular complexity index is 1360. The fourth-order valence-electron chi connectivity index (χ4n) is 7.57. The van der Waals surface area contributed by atoms with E-state index in [1.807, 2.05) is 27.2 Å². The zero-order chi connectivity index (χ0) is 49.2. The monoisotopic (exact) mass is 957 g/mol. The number of phosphoric acid groups is 1. The van der Waals surface area contributed by atoms with Crippen LogP contribution in [0.1, 0.15) is 226 Å². The third-order valence-electron chi connectivity index (χ3n) is 11.9. The number of unbranched alkanes of at least 4 members (excludes halogenated alkanes) is 24. The van der Waals surface area contributed by atoms with Crippen LogP contribution >= 0.6 is 7.82 Å². The molecule has 0 aliphatic rings. The number of aliphatic hydroxyl groups excluding tert-OH is 1. The van der Waals surface area contributed by atoms with Crippen molar-refractivity contribution in [3.8, 4) is 0 Å². The summed E-state index contributed by atoms with van der Waals surface area (Å²) in [5, 5.41) is 13.8. The van der Waals surface area contributed by atoms with E-state index in [1.165, 1.54) is 128 Å². The number of phosphoric ester groups is 1. The number of nitrogens with one attached hydrogen (secondary N) is 1. The second kappa shape index (κ2) is 48.7. The molecule has 0 saturated heterocycles. The molecule has 3 atom stereocenters. The SMILES string of the molecule is CC/C=C\C/C=C\C/C=C\C/C=C\C/C=C\C/C=C\CCCCC(=O)NC(COP(=O)([O-])OCC[N+](C)(C)C)C(O)/C=C/CCCCCCCCCCCCCCCCCCCCCCCC. The van der Waals surface area contributed by atoms with E-state index in [1.54, 1.807) is 6.08 Å². The van der Waals surface area contributed by atoms with E-state index in [4.69, 9.17) is 9.05 Å². The molecule has 8 nitrogen and oxygen atoms in total. The number of hydrogen-bond acceptors (Lipinski definition) is 6. The molecule has 3 unspecified atom stereocenters. The van der Waals surface area contributed by atoms with Crippen molar-refractivity contribution in [2.45, 2.75) is 238 Å². The van der Waals surface area contributed by atoms with Crippen LogP contribution in [-0.2, 0) is 18.4 Å². The largest absolute Gasteiger partial charge is 0.756 e. The average Bonchev–Trinajstić information content (AvgIpc) is 3.29. The smallest absolute Gasteiger partial charge is 0.268 e. The van der Waals surface area contributed by atoms with Crippen molar-refractivity contribution in [1.82, 2.24) is 5.32 Å². The lowest BCUT2D eigenvalue weighted by atomic mass is 10.0. The number of quaternary nitrogens is 1. The van der Waals surface area contributed by atoms with Gasteiger partial charge in [-0.05, 0) is 70.6 Å². The van der Waals surface area contributed by atoms with Crippen LogP contribution in [0.2, 0.25) is 0 Å². The minimum atomic E-state index is -4.61. The van der Waals surface area contributed by atoms with E-state index in [0.717, 1.165) is 70.6 Å². The Morgan fingerprint density at radius 2 is 0.910 bits per heavy atom. The van der Waals surface area contributed by atoms with E-state index in [2.05, 4.69) is 92.1 Å². The quantitative estimate of drug-likeness (QED) is 0.0272. The van der Waals surface area contributed by atoms with Crippen LogP contribution in [0.4, 0.5) is 0 Å². The molecule has 0 aromatic rings. The van der Waals surface area contributed by atoms with E-state index >= 15 is 0 Å². The number of hydrogen-bond donors (Lipinski definition) is 2.